The zero-order valence-electron chi connectivity index (χ0n) is 9.59. The second-order valence-electron chi connectivity index (χ2n) is 5.45. The molecule has 0 aromatic heterocycles. The molecule has 0 atom stereocenters. The van der Waals surface area contributed by atoms with E-state index in [-0.39, 0.29) is 16.8 Å². The molecule has 14 heavy (non-hydrogen) atoms. The topological polar surface area (TPSA) is 52.3 Å². The monoisotopic (exact) mass is 199 g/mol. The van der Waals surface area contributed by atoms with E-state index >= 15 is 0 Å². The largest absolute Gasteiger partial charge is 0.469 e. The predicted molar refractivity (Wildman–Crippen MR) is 55.7 cm³/mol. The average molecular weight is 199 g/mol. The number of carbonyl (C=O) groups excluding carboxylic acids is 1. The quantitative estimate of drug-likeness (QED) is 0.687. The molecule has 0 aliphatic heterocycles. The lowest BCUT2D eigenvalue weighted by Crippen LogP contribution is -2.52. The number of hydrogen-bond donors (Lipinski definition) is 1. The standard InChI is InChI=1S/C11H21NO2/c1-10(2,3)8-5-11(6-8,7-12)9(13)14-4/h8H,5-7,12H2,1-4H3. The first-order chi connectivity index (χ1) is 6.35. The second-order valence-corrected chi connectivity index (χ2v) is 5.45. The molecule has 1 rings (SSSR count). The Hall–Kier alpha value is -0.570. The van der Waals surface area contributed by atoms with E-state index in [1.165, 1.54) is 7.11 Å². The molecule has 0 radical (unpaired) electrons. The number of carbonyl (C=O) groups is 1. The van der Waals surface area contributed by atoms with Gasteiger partial charge in [-0.05, 0) is 24.2 Å². The maximum absolute atomic E-state index is 11.5. The highest BCUT2D eigenvalue weighted by Crippen LogP contribution is 2.53. The Morgan fingerprint density at radius 3 is 2.29 bits per heavy atom. The fourth-order valence-corrected chi connectivity index (χ4v) is 2.13. The van der Waals surface area contributed by atoms with Crippen LogP contribution >= 0.6 is 0 Å². The van der Waals surface area contributed by atoms with Gasteiger partial charge in [-0.2, -0.15) is 0 Å². The van der Waals surface area contributed by atoms with Crippen molar-refractivity contribution in [2.45, 2.75) is 33.6 Å². The molecule has 1 aliphatic rings. The summed E-state index contributed by atoms with van der Waals surface area (Å²) >= 11 is 0. The van der Waals surface area contributed by atoms with Gasteiger partial charge in [0, 0.05) is 6.54 Å². The second kappa shape index (κ2) is 3.54. The normalized spacial score (nSPS) is 32.2. The van der Waals surface area contributed by atoms with Crippen molar-refractivity contribution in [3.05, 3.63) is 0 Å². The van der Waals surface area contributed by atoms with Crippen LogP contribution in [-0.2, 0) is 9.53 Å². The minimum absolute atomic E-state index is 0.138. The molecule has 1 saturated carbocycles. The maximum Gasteiger partial charge on any atom is 0.313 e. The third kappa shape index (κ3) is 1.78. The van der Waals surface area contributed by atoms with Gasteiger partial charge in [0.15, 0.2) is 0 Å². The summed E-state index contributed by atoms with van der Waals surface area (Å²) in [7, 11) is 1.43. The molecule has 0 saturated heterocycles. The van der Waals surface area contributed by atoms with Crippen LogP contribution in [0.25, 0.3) is 0 Å². The molecule has 2 N–H and O–H groups in total. The molecular formula is C11H21NO2. The fraction of sp³-hybridized carbons (Fsp3) is 0.909. The highest BCUT2D eigenvalue weighted by Gasteiger charge is 2.53. The Labute approximate surface area is 86.0 Å². The van der Waals surface area contributed by atoms with Crippen LogP contribution in [0.2, 0.25) is 0 Å². The summed E-state index contributed by atoms with van der Waals surface area (Å²) in [6.45, 7) is 7.02. The lowest BCUT2D eigenvalue weighted by molar-refractivity contribution is -0.164. The van der Waals surface area contributed by atoms with E-state index in [0.717, 1.165) is 12.8 Å². The van der Waals surface area contributed by atoms with E-state index in [9.17, 15) is 4.79 Å². The van der Waals surface area contributed by atoms with Crippen LogP contribution in [0.15, 0.2) is 0 Å². The van der Waals surface area contributed by atoms with Crippen molar-refractivity contribution < 1.29 is 9.53 Å². The van der Waals surface area contributed by atoms with Crippen LogP contribution in [-0.4, -0.2) is 19.6 Å². The van der Waals surface area contributed by atoms with Crippen molar-refractivity contribution >= 4 is 5.97 Å². The van der Waals surface area contributed by atoms with Gasteiger partial charge in [-0.15, -0.1) is 0 Å². The summed E-state index contributed by atoms with van der Waals surface area (Å²) in [5.41, 5.74) is 5.54. The van der Waals surface area contributed by atoms with Gasteiger partial charge in [0.2, 0.25) is 0 Å². The highest BCUT2D eigenvalue weighted by molar-refractivity contribution is 5.78. The van der Waals surface area contributed by atoms with Crippen LogP contribution in [0.5, 0.6) is 0 Å². The first-order valence-corrected chi connectivity index (χ1v) is 5.14. The molecule has 0 heterocycles. The highest BCUT2D eigenvalue weighted by atomic mass is 16.5. The summed E-state index contributed by atoms with van der Waals surface area (Å²) in [6, 6.07) is 0. The molecule has 1 fully saturated rings. The van der Waals surface area contributed by atoms with Crippen molar-refractivity contribution in [1.82, 2.24) is 0 Å². The van der Waals surface area contributed by atoms with Crippen molar-refractivity contribution in [1.29, 1.82) is 0 Å². The predicted octanol–water partition coefficient (Wildman–Crippen LogP) is 1.56. The van der Waals surface area contributed by atoms with E-state index < -0.39 is 0 Å². The van der Waals surface area contributed by atoms with E-state index in [1.807, 2.05) is 0 Å². The molecular weight excluding hydrogens is 178 g/mol. The molecule has 0 aromatic rings. The summed E-state index contributed by atoms with van der Waals surface area (Å²) in [6.07, 6.45) is 1.75. The first kappa shape index (κ1) is 11.5. The SMILES string of the molecule is COC(=O)C1(CN)CC(C(C)(C)C)C1. The average Bonchev–Trinajstić information content (AvgIpc) is 2.00. The van der Waals surface area contributed by atoms with Gasteiger partial charge in [0.25, 0.3) is 0 Å². The van der Waals surface area contributed by atoms with E-state index in [2.05, 4.69) is 20.8 Å². The van der Waals surface area contributed by atoms with E-state index in [4.69, 9.17) is 10.5 Å². The fourth-order valence-electron chi connectivity index (χ4n) is 2.13. The number of esters is 1. The summed E-state index contributed by atoms with van der Waals surface area (Å²) < 4.78 is 4.79. The van der Waals surface area contributed by atoms with Crippen LogP contribution in [0, 0.1) is 16.7 Å². The molecule has 82 valence electrons. The van der Waals surface area contributed by atoms with Crippen molar-refractivity contribution in [3.8, 4) is 0 Å². The van der Waals surface area contributed by atoms with Crippen molar-refractivity contribution in [2.75, 3.05) is 13.7 Å². The Balaban J connectivity index is 2.62. The van der Waals surface area contributed by atoms with Crippen LogP contribution in [0.3, 0.4) is 0 Å². The molecule has 0 spiro atoms. The van der Waals surface area contributed by atoms with Crippen LogP contribution in [0.1, 0.15) is 33.6 Å². The number of nitrogens with two attached hydrogens (primary N) is 1. The Bertz CT molecular complexity index is 224. The Kier molecular flexibility index (Phi) is 2.91. The summed E-state index contributed by atoms with van der Waals surface area (Å²) in [5.74, 6) is 0.450. The maximum atomic E-state index is 11.5. The molecule has 0 unspecified atom stereocenters. The van der Waals surface area contributed by atoms with Gasteiger partial charge in [0.1, 0.15) is 0 Å². The zero-order chi connectivity index (χ0) is 11.0. The third-order valence-corrected chi connectivity index (χ3v) is 3.51. The number of methoxy groups -OCH3 is 1. The Morgan fingerprint density at radius 1 is 1.50 bits per heavy atom. The lowest BCUT2D eigenvalue weighted by atomic mass is 9.54. The van der Waals surface area contributed by atoms with Crippen molar-refractivity contribution in [2.24, 2.45) is 22.5 Å². The van der Waals surface area contributed by atoms with Gasteiger partial charge in [0.05, 0.1) is 12.5 Å². The first-order valence-electron chi connectivity index (χ1n) is 5.14. The molecule has 0 amide bonds. The van der Waals surface area contributed by atoms with Gasteiger partial charge >= 0.3 is 5.97 Å². The number of hydrogen-bond acceptors (Lipinski definition) is 3. The summed E-state index contributed by atoms with van der Waals surface area (Å²) in [5, 5.41) is 0. The number of rotatable bonds is 2. The van der Waals surface area contributed by atoms with Gasteiger partial charge in [-0.1, -0.05) is 20.8 Å². The van der Waals surface area contributed by atoms with Gasteiger partial charge < -0.3 is 10.5 Å². The van der Waals surface area contributed by atoms with Gasteiger partial charge in [-0.25, -0.2) is 0 Å². The zero-order valence-corrected chi connectivity index (χ0v) is 9.59. The van der Waals surface area contributed by atoms with E-state index in [1.54, 1.807) is 0 Å². The van der Waals surface area contributed by atoms with Crippen LogP contribution in [0.4, 0.5) is 0 Å². The molecule has 0 bridgehead atoms. The third-order valence-electron chi connectivity index (χ3n) is 3.51. The van der Waals surface area contributed by atoms with Crippen LogP contribution < -0.4 is 5.73 Å². The van der Waals surface area contributed by atoms with Crippen molar-refractivity contribution in [3.63, 3.8) is 0 Å². The molecule has 3 nitrogen and oxygen atoms in total. The minimum atomic E-state index is -0.382. The van der Waals surface area contributed by atoms with E-state index in [0.29, 0.717) is 12.5 Å². The lowest BCUT2D eigenvalue weighted by Gasteiger charge is -2.50. The molecule has 3 heteroatoms. The number of ether oxygens (including phenoxy) is 1. The minimum Gasteiger partial charge on any atom is -0.469 e. The summed E-state index contributed by atoms with van der Waals surface area (Å²) in [4.78, 5) is 11.5. The van der Waals surface area contributed by atoms with Gasteiger partial charge in [-0.3, -0.25) is 4.79 Å². The smallest absolute Gasteiger partial charge is 0.313 e. The molecule has 1 aliphatic carbocycles. The molecule has 0 aromatic carbocycles. The Morgan fingerprint density at radius 2 is 2.00 bits per heavy atom.